The number of carbonyl (C=O) groups is 2. The molecule has 7 nitrogen and oxygen atoms in total. The predicted octanol–water partition coefficient (Wildman–Crippen LogP) is 4.36. The van der Waals surface area contributed by atoms with Crippen molar-refractivity contribution in [1.82, 2.24) is 9.47 Å². The molecule has 0 aliphatic heterocycles. The third-order valence-corrected chi connectivity index (χ3v) is 4.95. The maximum Gasteiger partial charge on any atom is 0.254 e. The van der Waals surface area contributed by atoms with E-state index in [2.05, 4.69) is 5.32 Å². The molecule has 0 atom stereocenters. The van der Waals surface area contributed by atoms with Gasteiger partial charge in [-0.05, 0) is 60.7 Å². The summed E-state index contributed by atoms with van der Waals surface area (Å²) >= 11 is 0. The summed E-state index contributed by atoms with van der Waals surface area (Å²) in [6.45, 7) is 0.0292. The third-order valence-electron chi connectivity index (χ3n) is 4.95. The monoisotopic (exact) mass is 429 g/mol. The molecule has 2 aromatic carbocycles. The smallest absolute Gasteiger partial charge is 0.254 e. The Bertz CT molecular complexity index is 1170. The Morgan fingerprint density at radius 3 is 2.41 bits per heavy atom. The highest BCUT2D eigenvalue weighted by Gasteiger charge is 2.21. The molecule has 4 rings (SSSR count). The largest absolute Gasteiger partial charge is 0.495 e. The molecular formula is C25H23N3O4. The topological polar surface area (TPSA) is 76.7 Å². The molecule has 0 spiro atoms. The van der Waals surface area contributed by atoms with Crippen LogP contribution in [0.4, 0.5) is 5.69 Å². The predicted molar refractivity (Wildman–Crippen MR) is 121 cm³/mol. The van der Waals surface area contributed by atoms with E-state index >= 15 is 0 Å². The number of para-hydroxylation sites is 2. The minimum atomic E-state index is -0.335. The summed E-state index contributed by atoms with van der Waals surface area (Å²) in [7, 11) is 1.54. The molecule has 0 saturated heterocycles. The van der Waals surface area contributed by atoms with Crippen LogP contribution in [0.1, 0.15) is 16.1 Å². The Kier molecular flexibility index (Phi) is 6.36. The lowest BCUT2D eigenvalue weighted by Crippen LogP contribution is -2.37. The Morgan fingerprint density at radius 2 is 1.72 bits per heavy atom. The molecule has 1 N–H and O–H groups in total. The summed E-state index contributed by atoms with van der Waals surface area (Å²) in [5.41, 5.74) is 1.97. The van der Waals surface area contributed by atoms with Gasteiger partial charge in [0, 0.05) is 23.6 Å². The van der Waals surface area contributed by atoms with Crippen LogP contribution in [-0.4, -0.2) is 34.9 Å². The average Bonchev–Trinajstić information content (AvgIpc) is 3.53. The van der Waals surface area contributed by atoms with Crippen molar-refractivity contribution in [3.63, 3.8) is 0 Å². The minimum absolute atomic E-state index is 0.142. The molecular weight excluding hydrogens is 406 g/mol. The van der Waals surface area contributed by atoms with Gasteiger partial charge >= 0.3 is 0 Å². The van der Waals surface area contributed by atoms with Gasteiger partial charge in [0.25, 0.3) is 5.91 Å². The summed E-state index contributed by atoms with van der Waals surface area (Å²) in [4.78, 5) is 27.5. The number of rotatable bonds is 8. The van der Waals surface area contributed by atoms with Crippen molar-refractivity contribution in [2.75, 3.05) is 19.0 Å². The van der Waals surface area contributed by atoms with Crippen LogP contribution in [0.5, 0.6) is 5.75 Å². The van der Waals surface area contributed by atoms with Gasteiger partial charge in [-0.1, -0.05) is 12.1 Å². The molecule has 4 aromatic rings. The number of nitrogens with zero attached hydrogens (tertiary/aromatic N) is 2. The average molecular weight is 429 g/mol. The number of carbonyl (C=O) groups excluding carboxylic acids is 2. The van der Waals surface area contributed by atoms with E-state index in [1.807, 2.05) is 47.3 Å². The molecule has 0 fully saturated rings. The van der Waals surface area contributed by atoms with Crippen LogP contribution in [0.15, 0.2) is 95.9 Å². The summed E-state index contributed by atoms with van der Waals surface area (Å²) in [6, 6.07) is 21.8. The molecule has 0 aliphatic rings. The van der Waals surface area contributed by atoms with E-state index in [0.29, 0.717) is 22.8 Å². The van der Waals surface area contributed by atoms with Crippen molar-refractivity contribution in [2.24, 2.45) is 0 Å². The van der Waals surface area contributed by atoms with Gasteiger partial charge in [0.1, 0.15) is 18.1 Å². The van der Waals surface area contributed by atoms with Crippen molar-refractivity contribution in [2.45, 2.75) is 6.54 Å². The standard InChI is InChI=1S/C25H23N3O4/c1-31-23-9-3-2-8-22(23)26-24(29)18-28(17-21-7-6-16-32-21)25(30)19-10-12-20(13-11-19)27-14-4-5-15-27/h2-16H,17-18H2,1H3,(H,26,29). The van der Waals surface area contributed by atoms with Gasteiger partial charge in [0.05, 0.1) is 25.6 Å². The van der Waals surface area contributed by atoms with Crippen LogP contribution in [0.3, 0.4) is 0 Å². The number of aromatic nitrogens is 1. The van der Waals surface area contributed by atoms with E-state index in [4.69, 9.17) is 9.15 Å². The van der Waals surface area contributed by atoms with Gasteiger partial charge < -0.3 is 23.9 Å². The van der Waals surface area contributed by atoms with E-state index in [1.165, 1.54) is 12.0 Å². The summed E-state index contributed by atoms with van der Waals surface area (Å²) in [5, 5.41) is 2.81. The Morgan fingerprint density at radius 1 is 0.969 bits per heavy atom. The zero-order chi connectivity index (χ0) is 22.3. The van der Waals surface area contributed by atoms with Crippen LogP contribution >= 0.6 is 0 Å². The van der Waals surface area contributed by atoms with Gasteiger partial charge in [-0.15, -0.1) is 0 Å². The van der Waals surface area contributed by atoms with Gasteiger partial charge in [0.15, 0.2) is 0 Å². The molecule has 0 aliphatic carbocycles. The number of hydrogen-bond donors (Lipinski definition) is 1. The highest BCUT2D eigenvalue weighted by Crippen LogP contribution is 2.23. The van der Waals surface area contributed by atoms with Crippen molar-refractivity contribution in [3.8, 4) is 11.4 Å². The lowest BCUT2D eigenvalue weighted by molar-refractivity contribution is -0.117. The van der Waals surface area contributed by atoms with Crippen LogP contribution < -0.4 is 10.1 Å². The number of furan rings is 1. The molecule has 7 heteroatoms. The van der Waals surface area contributed by atoms with Crippen molar-refractivity contribution in [1.29, 1.82) is 0 Å². The maximum atomic E-state index is 13.3. The number of benzene rings is 2. The third kappa shape index (κ3) is 4.89. The Hall–Kier alpha value is -4.26. The molecule has 0 unspecified atom stereocenters. The lowest BCUT2D eigenvalue weighted by Gasteiger charge is -2.22. The minimum Gasteiger partial charge on any atom is -0.495 e. The second kappa shape index (κ2) is 9.70. The van der Waals surface area contributed by atoms with E-state index in [0.717, 1.165) is 5.69 Å². The van der Waals surface area contributed by atoms with Crippen LogP contribution in [0.2, 0.25) is 0 Å². The molecule has 2 amide bonds. The van der Waals surface area contributed by atoms with Crippen molar-refractivity contribution >= 4 is 17.5 Å². The molecule has 2 heterocycles. The number of methoxy groups -OCH3 is 1. The summed E-state index contributed by atoms with van der Waals surface area (Å²) in [6.07, 6.45) is 5.41. The first-order chi connectivity index (χ1) is 15.6. The van der Waals surface area contributed by atoms with Gasteiger partial charge in [-0.2, -0.15) is 0 Å². The molecule has 162 valence electrons. The fraction of sp³-hybridized carbons (Fsp3) is 0.120. The number of amides is 2. The zero-order valence-corrected chi connectivity index (χ0v) is 17.6. The highest BCUT2D eigenvalue weighted by molar-refractivity contribution is 5.99. The van der Waals surface area contributed by atoms with E-state index < -0.39 is 0 Å². The maximum absolute atomic E-state index is 13.3. The summed E-state index contributed by atoms with van der Waals surface area (Å²) < 4.78 is 12.6. The van der Waals surface area contributed by atoms with Crippen molar-refractivity contribution < 1.29 is 18.7 Å². The number of ether oxygens (including phenoxy) is 1. The van der Waals surface area contributed by atoms with Crippen molar-refractivity contribution in [3.05, 3.63) is 103 Å². The fourth-order valence-corrected chi connectivity index (χ4v) is 3.37. The van der Waals surface area contributed by atoms with E-state index in [9.17, 15) is 9.59 Å². The number of nitrogens with one attached hydrogen (secondary N) is 1. The molecule has 32 heavy (non-hydrogen) atoms. The SMILES string of the molecule is COc1ccccc1NC(=O)CN(Cc1ccco1)C(=O)c1ccc(-n2cccc2)cc1. The number of hydrogen-bond acceptors (Lipinski definition) is 4. The van der Waals surface area contributed by atoms with E-state index in [-0.39, 0.29) is 24.9 Å². The first-order valence-electron chi connectivity index (χ1n) is 10.1. The van der Waals surface area contributed by atoms with Crippen LogP contribution in [0, 0.1) is 0 Å². The van der Waals surface area contributed by atoms with Gasteiger partial charge in [-0.3, -0.25) is 9.59 Å². The first kappa shape index (κ1) is 21.0. The quantitative estimate of drug-likeness (QED) is 0.452. The Labute approximate surface area is 185 Å². The molecule has 0 saturated carbocycles. The molecule has 0 radical (unpaired) electrons. The second-order valence-corrected chi connectivity index (χ2v) is 7.13. The molecule has 2 aromatic heterocycles. The van der Waals surface area contributed by atoms with E-state index in [1.54, 1.807) is 48.7 Å². The fourth-order valence-electron chi connectivity index (χ4n) is 3.37. The summed E-state index contributed by atoms with van der Waals surface area (Å²) in [5.74, 6) is 0.534. The number of anilines is 1. The first-order valence-corrected chi connectivity index (χ1v) is 10.1. The lowest BCUT2D eigenvalue weighted by atomic mass is 10.1. The van der Waals surface area contributed by atoms with Crippen LogP contribution in [-0.2, 0) is 11.3 Å². The second-order valence-electron chi connectivity index (χ2n) is 7.13. The Balaban J connectivity index is 1.52. The normalized spacial score (nSPS) is 10.5. The molecule has 0 bridgehead atoms. The van der Waals surface area contributed by atoms with Crippen LogP contribution in [0.25, 0.3) is 5.69 Å². The van der Waals surface area contributed by atoms with Gasteiger partial charge in [-0.25, -0.2) is 0 Å². The highest BCUT2D eigenvalue weighted by atomic mass is 16.5. The zero-order valence-electron chi connectivity index (χ0n) is 17.6. The van der Waals surface area contributed by atoms with Gasteiger partial charge in [0.2, 0.25) is 5.91 Å².